The highest BCUT2D eigenvalue weighted by Crippen LogP contribution is 2.19. The highest BCUT2D eigenvalue weighted by atomic mass is 32.2. The smallest absolute Gasteiger partial charge is 0.280 e. The number of rotatable bonds is 7. The summed E-state index contributed by atoms with van der Waals surface area (Å²) in [6.07, 6.45) is 6.44. The highest BCUT2D eigenvalue weighted by Gasteiger charge is 2.32. The third kappa shape index (κ3) is 4.50. The lowest BCUT2D eigenvalue weighted by atomic mass is 10.1. The van der Waals surface area contributed by atoms with Crippen LogP contribution < -0.4 is 10.0 Å². The predicted molar refractivity (Wildman–Crippen MR) is 82.0 cm³/mol. The Labute approximate surface area is 126 Å². The van der Waals surface area contributed by atoms with Crippen molar-refractivity contribution in [1.82, 2.24) is 24.1 Å². The minimum atomic E-state index is -3.45. The Bertz CT molecular complexity index is 515. The summed E-state index contributed by atoms with van der Waals surface area (Å²) >= 11 is 0. The minimum Gasteiger partial charge on any atom is -0.318 e. The van der Waals surface area contributed by atoms with Crippen molar-refractivity contribution >= 4 is 10.2 Å². The average molecular weight is 315 g/mol. The molecule has 2 N–H and O–H groups in total. The van der Waals surface area contributed by atoms with E-state index in [1.807, 2.05) is 26.2 Å². The van der Waals surface area contributed by atoms with E-state index in [0.29, 0.717) is 19.6 Å². The first-order valence-electron chi connectivity index (χ1n) is 7.44. The number of hydrogen-bond donors (Lipinski definition) is 2. The average Bonchev–Trinajstić information content (AvgIpc) is 2.91. The van der Waals surface area contributed by atoms with E-state index in [1.54, 1.807) is 15.2 Å². The fraction of sp³-hybridized carbons (Fsp3) is 0.769. The largest absolute Gasteiger partial charge is 0.318 e. The van der Waals surface area contributed by atoms with Crippen LogP contribution in [0.1, 0.15) is 26.2 Å². The second-order valence-electron chi connectivity index (χ2n) is 5.57. The molecule has 1 aromatic heterocycles. The Morgan fingerprint density at radius 1 is 1.43 bits per heavy atom. The van der Waals surface area contributed by atoms with Crippen molar-refractivity contribution in [1.29, 1.82) is 0 Å². The van der Waals surface area contributed by atoms with E-state index in [-0.39, 0.29) is 12.1 Å². The van der Waals surface area contributed by atoms with Gasteiger partial charge in [0.1, 0.15) is 0 Å². The van der Waals surface area contributed by atoms with Gasteiger partial charge < -0.3 is 5.32 Å². The SMILES string of the molecule is CNCC1CCCCN1S(=O)(=O)NC(C)Cn1cccn1. The van der Waals surface area contributed by atoms with Crippen molar-refractivity contribution in [3.05, 3.63) is 18.5 Å². The summed E-state index contributed by atoms with van der Waals surface area (Å²) in [4.78, 5) is 0. The van der Waals surface area contributed by atoms with Crippen molar-refractivity contribution in [3.63, 3.8) is 0 Å². The number of aromatic nitrogens is 2. The van der Waals surface area contributed by atoms with E-state index < -0.39 is 10.2 Å². The van der Waals surface area contributed by atoms with Crippen molar-refractivity contribution in [2.75, 3.05) is 20.1 Å². The van der Waals surface area contributed by atoms with Crippen molar-refractivity contribution in [2.45, 2.75) is 44.8 Å². The molecule has 0 radical (unpaired) electrons. The molecule has 1 aliphatic rings. The van der Waals surface area contributed by atoms with Crippen LogP contribution in [0.15, 0.2) is 18.5 Å². The number of nitrogens with one attached hydrogen (secondary N) is 2. The van der Waals surface area contributed by atoms with E-state index in [4.69, 9.17) is 0 Å². The molecule has 2 heterocycles. The summed E-state index contributed by atoms with van der Waals surface area (Å²) in [5, 5.41) is 7.18. The maximum atomic E-state index is 12.6. The molecule has 0 spiro atoms. The molecule has 0 aliphatic carbocycles. The summed E-state index contributed by atoms with van der Waals surface area (Å²) in [6, 6.07) is 1.67. The third-order valence-corrected chi connectivity index (χ3v) is 5.49. The van der Waals surface area contributed by atoms with Crippen molar-refractivity contribution in [2.24, 2.45) is 0 Å². The van der Waals surface area contributed by atoms with E-state index in [0.717, 1.165) is 19.3 Å². The molecule has 1 aromatic rings. The molecule has 1 aliphatic heterocycles. The molecular formula is C13H25N5O2S. The molecule has 0 aromatic carbocycles. The van der Waals surface area contributed by atoms with Crippen LogP contribution in [0, 0.1) is 0 Å². The Morgan fingerprint density at radius 3 is 2.90 bits per heavy atom. The lowest BCUT2D eigenvalue weighted by Crippen LogP contribution is -2.54. The molecule has 2 unspecified atom stereocenters. The van der Waals surface area contributed by atoms with Gasteiger partial charge in [-0.2, -0.15) is 22.5 Å². The topological polar surface area (TPSA) is 79.3 Å². The normalized spacial score (nSPS) is 22.3. The number of hydrogen-bond acceptors (Lipinski definition) is 4. The quantitative estimate of drug-likeness (QED) is 0.752. The van der Waals surface area contributed by atoms with Crippen molar-refractivity contribution in [3.8, 4) is 0 Å². The second-order valence-corrected chi connectivity index (χ2v) is 7.22. The lowest BCUT2D eigenvalue weighted by molar-refractivity contribution is 0.244. The van der Waals surface area contributed by atoms with E-state index >= 15 is 0 Å². The summed E-state index contributed by atoms with van der Waals surface area (Å²) in [5.74, 6) is 0. The van der Waals surface area contributed by atoms with Gasteiger partial charge in [0.2, 0.25) is 0 Å². The Balaban J connectivity index is 1.98. The van der Waals surface area contributed by atoms with Crippen LogP contribution in [-0.2, 0) is 16.8 Å². The van der Waals surface area contributed by atoms with Crippen molar-refractivity contribution < 1.29 is 8.42 Å². The number of likely N-dealkylation sites (N-methyl/N-ethyl adjacent to an activating group) is 1. The fourth-order valence-electron chi connectivity index (χ4n) is 2.78. The Hall–Kier alpha value is -0.960. The molecule has 2 rings (SSSR count). The van der Waals surface area contributed by atoms with Crippen LogP contribution in [-0.4, -0.2) is 54.7 Å². The predicted octanol–water partition coefficient (Wildman–Crippen LogP) is 0.180. The van der Waals surface area contributed by atoms with Gasteiger partial charge in [-0.15, -0.1) is 0 Å². The van der Waals surface area contributed by atoms with Crippen LogP contribution in [0.3, 0.4) is 0 Å². The summed E-state index contributed by atoms with van der Waals surface area (Å²) in [6.45, 7) is 3.66. The van der Waals surface area contributed by atoms with Crippen LogP contribution >= 0.6 is 0 Å². The van der Waals surface area contributed by atoms with Gasteiger partial charge in [0.25, 0.3) is 10.2 Å². The minimum absolute atomic E-state index is 0.0400. The zero-order valence-electron chi connectivity index (χ0n) is 12.7. The third-order valence-electron chi connectivity index (χ3n) is 3.69. The van der Waals surface area contributed by atoms with Gasteiger partial charge >= 0.3 is 0 Å². The van der Waals surface area contributed by atoms with Gasteiger partial charge in [-0.05, 0) is 32.9 Å². The Kier molecular flexibility index (Phi) is 5.74. The number of piperidine rings is 1. The molecule has 0 bridgehead atoms. The van der Waals surface area contributed by atoms with Gasteiger partial charge in [0, 0.05) is 37.6 Å². The van der Waals surface area contributed by atoms with E-state index in [1.165, 1.54) is 0 Å². The van der Waals surface area contributed by atoms with Gasteiger partial charge in [-0.25, -0.2) is 0 Å². The summed E-state index contributed by atoms with van der Waals surface area (Å²) in [5.41, 5.74) is 0. The van der Waals surface area contributed by atoms with Gasteiger partial charge in [-0.1, -0.05) is 6.42 Å². The maximum absolute atomic E-state index is 12.6. The maximum Gasteiger partial charge on any atom is 0.280 e. The molecule has 0 amide bonds. The molecule has 120 valence electrons. The second kappa shape index (κ2) is 7.35. The highest BCUT2D eigenvalue weighted by molar-refractivity contribution is 7.87. The summed E-state index contributed by atoms with van der Waals surface area (Å²) < 4.78 is 31.2. The lowest BCUT2D eigenvalue weighted by Gasteiger charge is -2.35. The number of nitrogens with zero attached hydrogens (tertiary/aromatic N) is 3. The zero-order chi connectivity index (χ0) is 15.3. The fourth-order valence-corrected chi connectivity index (χ4v) is 4.44. The molecule has 2 atom stereocenters. The Morgan fingerprint density at radius 2 is 2.24 bits per heavy atom. The first-order chi connectivity index (χ1) is 10.0. The van der Waals surface area contributed by atoms with Gasteiger partial charge in [0.05, 0.1) is 6.54 Å². The van der Waals surface area contributed by atoms with E-state index in [9.17, 15) is 8.42 Å². The first-order valence-corrected chi connectivity index (χ1v) is 8.88. The van der Waals surface area contributed by atoms with Crippen LogP contribution in [0.2, 0.25) is 0 Å². The van der Waals surface area contributed by atoms with Crippen LogP contribution in [0.5, 0.6) is 0 Å². The first kappa shape index (κ1) is 16.4. The standard InChI is InChI=1S/C13H25N5O2S/c1-12(11-17-8-5-7-15-17)16-21(19,20)18-9-4-3-6-13(18)10-14-2/h5,7-8,12-14,16H,3-4,6,9-11H2,1-2H3. The monoisotopic (exact) mass is 315 g/mol. The van der Waals surface area contributed by atoms with Gasteiger partial charge in [0.15, 0.2) is 0 Å². The van der Waals surface area contributed by atoms with Gasteiger partial charge in [-0.3, -0.25) is 4.68 Å². The molecular weight excluding hydrogens is 290 g/mol. The molecule has 1 fully saturated rings. The molecule has 1 saturated heterocycles. The molecule has 21 heavy (non-hydrogen) atoms. The van der Waals surface area contributed by atoms with E-state index in [2.05, 4.69) is 15.1 Å². The molecule has 0 saturated carbocycles. The van der Waals surface area contributed by atoms with Crippen LogP contribution in [0.4, 0.5) is 0 Å². The molecule has 7 nitrogen and oxygen atoms in total. The molecule has 8 heteroatoms. The summed E-state index contributed by atoms with van der Waals surface area (Å²) in [7, 11) is -1.60. The zero-order valence-corrected chi connectivity index (χ0v) is 13.5. The van der Waals surface area contributed by atoms with Crippen LogP contribution in [0.25, 0.3) is 0 Å².